The largest absolute Gasteiger partial charge is 0.487 e. The van der Waals surface area contributed by atoms with Crippen molar-refractivity contribution in [2.24, 2.45) is 5.73 Å². The molecule has 3 rings (SSSR count). The van der Waals surface area contributed by atoms with Gasteiger partial charge in [0.1, 0.15) is 11.9 Å². The number of ether oxygens (including phenoxy) is 1. The van der Waals surface area contributed by atoms with Crippen LogP contribution in [0.4, 0.5) is 0 Å². The monoisotopic (exact) mass is 305 g/mol. The molecule has 2 heterocycles. The van der Waals surface area contributed by atoms with E-state index in [-0.39, 0.29) is 6.10 Å². The van der Waals surface area contributed by atoms with E-state index in [4.69, 9.17) is 22.1 Å². The van der Waals surface area contributed by atoms with Gasteiger partial charge in [-0.2, -0.15) is 0 Å². The summed E-state index contributed by atoms with van der Waals surface area (Å²) in [4.78, 5) is 2.40. The van der Waals surface area contributed by atoms with Gasteiger partial charge < -0.3 is 10.5 Å². The van der Waals surface area contributed by atoms with E-state index in [0.717, 1.165) is 28.9 Å². The number of hydrogen-bond donors (Lipinski definition) is 1. The van der Waals surface area contributed by atoms with E-state index in [9.17, 15) is 0 Å². The molecule has 0 bridgehead atoms. The molecule has 0 aliphatic carbocycles. The van der Waals surface area contributed by atoms with Crippen LogP contribution >= 0.6 is 22.9 Å². The number of halogens is 1. The van der Waals surface area contributed by atoms with Crippen LogP contribution in [0.15, 0.2) is 30.8 Å². The Labute approximate surface area is 127 Å². The van der Waals surface area contributed by atoms with Gasteiger partial charge in [0.15, 0.2) is 0 Å². The van der Waals surface area contributed by atoms with Gasteiger partial charge in [-0.05, 0) is 42.3 Å². The molecule has 1 aromatic heterocycles. The highest BCUT2D eigenvalue weighted by molar-refractivity contribution is 7.16. The van der Waals surface area contributed by atoms with Crippen LogP contribution in [-0.2, 0) is 6.42 Å². The maximum atomic E-state index is 6.34. The van der Waals surface area contributed by atoms with E-state index in [1.54, 1.807) is 11.3 Å². The van der Waals surface area contributed by atoms with E-state index in [1.807, 2.05) is 13.0 Å². The number of thiophene rings is 1. The van der Waals surface area contributed by atoms with Crippen molar-refractivity contribution in [2.75, 3.05) is 6.54 Å². The Bertz CT molecular complexity index is 677. The molecule has 2 N–H and O–H groups in total. The molecule has 1 aliphatic heterocycles. The van der Waals surface area contributed by atoms with E-state index in [0.29, 0.717) is 11.6 Å². The fraction of sp³-hybridized carbons (Fsp3) is 0.250. The summed E-state index contributed by atoms with van der Waals surface area (Å²) >= 11 is 8.07. The SMILES string of the molecule is C=C(C)c1ccc(-c2cc(Cl)c3c(c2)CC(CN)O3)s1. The molecule has 4 heteroatoms. The van der Waals surface area contributed by atoms with Gasteiger partial charge >= 0.3 is 0 Å². The number of allylic oxidation sites excluding steroid dienone is 1. The minimum Gasteiger partial charge on any atom is -0.487 e. The van der Waals surface area contributed by atoms with Crippen molar-refractivity contribution in [1.29, 1.82) is 0 Å². The minimum absolute atomic E-state index is 0.0482. The lowest BCUT2D eigenvalue weighted by Crippen LogP contribution is -2.24. The van der Waals surface area contributed by atoms with Crippen LogP contribution in [0, 0.1) is 0 Å². The fourth-order valence-electron chi connectivity index (χ4n) is 2.38. The number of nitrogens with two attached hydrogens (primary N) is 1. The zero-order chi connectivity index (χ0) is 14.3. The molecule has 2 nitrogen and oxygen atoms in total. The molecule has 20 heavy (non-hydrogen) atoms. The molecule has 1 aromatic carbocycles. The summed E-state index contributed by atoms with van der Waals surface area (Å²) in [6.07, 6.45) is 0.880. The van der Waals surface area contributed by atoms with Gasteiger partial charge in [0.25, 0.3) is 0 Å². The summed E-state index contributed by atoms with van der Waals surface area (Å²) in [6.45, 7) is 6.51. The zero-order valence-electron chi connectivity index (χ0n) is 11.3. The molecule has 0 saturated carbocycles. The first-order chi connectivity index (χ1) is 9.58. The first-order valence-electron chi connectivity index (χ1n) is 6.53. The normalized spacial score (nSPS) is 16.9. The van der Waals surface area contributed by atoms with Crippen LogP contribution in [-0.4, -0.2) is 12.6 Å². The third-order valence-electron chi connectivity index (χ3n) is 3.43. The van der Waals surface area contributed by atoms with E-state index < -0.39 is 0 Å². The minimum atomic E-state index is 0.0482. The first-order valence-corrected chi connectivity index (χ1v) is 7.73. The molecule has 0 radical (unpaired) electrons. The Morgan fingerprint density at radius 2 is 2.30 bits per heavy atom. The van der Waals surface area contributed by atoms with E-state index in [2.05, 4.69) is 24.8 Å². The third-order valence-corrected chi connectivity index (χ3v) is 5.00. The molecule has 0 amide bonds. The Kier molecular flexibility index (Phi) is 3.59. The summed E-state index contributed by atoms with van der Waals surface area (Å²) in [5.74, 6) is 0.794. The lowest BCUT2D eigenvalue weighted by atomic mass is 10.1. The molecule has 1 unspecified atom stereocenters. The summed E-state index contributed by atoms with van der Waals surface area (Å²) < 4.78 is 5.75. The van der Waals surface area contributed by atoms with Crippen LogP contribution in [0.5, 0.6) is 5.75 Å². The van der Waals surface area contributed by atoms with Gasteiger partial charge in [-0.1, -0.05) is 18.2 Å². The second-order valence-electron chi connectivity index (χ2n) is 5.07. The quantitative estimate of drug-likeness (QED) is 0.914. The van der Waals surface area contributed by atoms with Crippen molar-refractivity contribution in [3.05, 3.63) is 46.3 Å². The van der Waals surface area contributed by atoms with Crippen LogP contribution in [0.3, 0.4) is 0 Å². The Hall–Kier alpha value is -1.29. The Morgan fingerprint density at radius 1 is 1.50 bits per heavy atom. The van der Waals surface area contributed by atoms with Gasteiger partial charge in [0, 0.05) is 28.3 Å². The number of rotatable bonds is 3. The predicted octanol–water partition coefficient (Wildman–Crippen LogP) is 4.36. The number of hydrogen-bond acceptors (Lipinski definition) is 3. The number of fused-ring (bicyclic) bond motifs is 1. The zero-order valence-corrected chi connectivity index (χ0v) is 12.9. The topological polar surface area (TPSA) is 35.2 Å². The first kappa shape index (κ1) is 13.7. The summed E-state index contributed by atoms with van der Waals surface area (Å²) in [5, 5.41) is 0.665. The van der Waals surface area contributed by atoms with Crippen molar-refractivity contribution < 1.29 is 4.74 Å². The van der Waals surface area contributed by atoms with Crippen molar-refractivity contribution in [3.63, 3.8) is 0 Å². The van der Waals surface area contributed by atoms with Crippen molar-refractivity contribution in [1.82, 2.24) is 0 Å². The molecular weight excluding hydrogens is 290 g/mol. The van der Waals surface area contributed by atoms with Crippen molar-refractivity contribution in [2.45, 2.75) is 19.4 Å². The lowest BCUT2D eigenvalue weighted by molar-refractivity contribution is 0.241. The van der Waals surface area contributed by atoms with Gasteiger partial charge in [0.2, 0.25) is 0 Å². The van der Waals surface area contributed by atoms with E-state index >= 15 is 0 Å². The summed E-state index contributed by atoms with van der Waals surface area (Å²) in [7, 11) is 0. The van der Waals surface area contributed by atoms with Gasteiger partial charge in [-0.25, -0.2) is 0 Å². The molecular formula is C16H16ClNOS. The van der Waals surface area contributed by atoms with Crippen LogP contribution in [0.2, 0.25) is 5.02 Å². The second-order valence-corrected chi connectivity index (χ2v) is 6.56. The summed E-state index contributed by atoms with van der Waals surface area (Å²) in [6, 6.07) is 8.34. The predicted molar refractivity (Wildman–Crippen MR) is 86.6 cm³/mol. The molecule has 0 spiro atoms. The van der Waals surface area contributed by atoms with Crippen molar-refractivity contribution in [3.8, 4) is 16.2 Å². The summed E-state index contributed by atoms with van der Waals surface area (Å²) in [5.41, 5.74) is 9.04. The van der Waals surface area contributed by atoms with Crippen molar-refractivity contribution >= 4 is 28.5 Å². The van der Waals surface area contributed by atoms with Gasteiger partial charge in [-0.15, -0.1) is 11.3 Å². The third kappa shape index (κ3) is 2.37. The van der Waals surface area contributed by atoms with E-state index in [1.165, 1.54) is 9.75 Å². The molecule has 104 valence electrons. The highest BCUT2D eigenvalue weighted by Gasteiger charge is 2.25. The molecule has 0 fully saturated rings. The maximum Gasteiger partial charge on any atom is 0.141 e. The highest BCUT2D eigenvalue weighted by Crippen LogP contribution is 2.41. The Balaban J connectivity index is 2.00. The maximum absolute atomic E-state index is 6.34. The molecule has 1 aliphatic rings. The fourth-order valence-corrected chi connectivity index (χ4v) is 3.59. The smallest absolute Gasteiger partial charge is 0.141 e. The van der Waals surface area contributed by atoms with Gasteiger partial charge in [-0.3, -0.25) is 0 Å². The average Bonchev–Trinajstić information content (AvgIpc) is 3.05. The Morgan fingerprint density at radius 3 is 2.95 bits per heavy atom. The number of benzene rings is 1. The average molecular weight is 306 g/mol. The lowest BCUT2D eigenvalue weighted by Gasteiger charge is -2.07. The standard InChI is InChI=1S/C16H16ClNOS/c1-9(2)14-3-4-15(20-14)10-5-11-6-12(8-18)19-16(11)13(17)7-10/h3-5,7,12H,1,6,8,18H2,2H3. The van der Waals surface area contributed by atoms with Gasteiger partial charge in [0.05, 0.1) is 5.02 Å². The molecule has 2 aromatic rings. The van der Waals surface area contributed by atoms with Crippen LogP contribution in [0.25, 0.3) is 16.0 Å². The second kappa shape index (κ2) is 5.24. The van der Waals surface area contributed by atoms with Crippen LogP contribution < -0.4 is 10.5 Å². The molecule has 0 saturated heterocycles. The molecule has 1 atom stereocenters. The van der Waals surface area contributed by atoms with Crippen LogP contribution in [0.1, 0.15) is 17.4 Å². The highest BCUT2D eigenvalue weighted by atomic mass is 35.5.